The number of halogens is 1. The highest BCUT2D eigenvalue weighted by molar-refractivity contribution is 7.93. The molecule has 30 heavy (non-hydrogen) atoms. The van der Waals surface area contributed by atoms with Crippen LogP contribution in [0.5, 0.6) is 5.75 Å². The molecule has 2 N–H and O–H groups in total. The van der Waals surface area contributed by atoms with Crippen LogP contribution in [0.25, 0.3) is 10.9 Å². The summed E-state index contributed by atoms with van der Waals surface area (Å²) in [5.41, 5.74) is 1.63. The van der Waals surface area contributed by atoms with Crippen LogP contribution in [0.1, 0.15) is 5.56 Å². The number of fused-ring (bicyclic) bond motifs is 1. The molecule has 4 rings (SSSR count). The van der Waals surface area contributed by atoms with E-state index in [9.17, 15) is 13.7 Å². The van der Waals surface area contributed by atoms with Gasteiger partial charge in [-0.2, -0.15) is 4.36 Å². The molecule has 6 nitrogen and oxygen atoms in total. The van der Waals surface area contributed by atoms with Crippen LogP contribution >= 0.6 is 0 Å². The fourth-order valence-corrected chi connectivity index (χ4v) is 4.30. The lowest BCUT2D eigenvalue weighted by molar-refractivity contribution is 0.469. The van der Waals surface area contributed by atoms with Gasteiger partial charge in [0, 0.05) is 22.6 Å². The van der Waals surface area contributed by atoms with E-state index in [1.54, 1.807) is 43.5 Å². The van der Waals surface area contributed by atoms with E-state index in [0.29, 0.717) is 32.9 Å². The number of aromatic nitrogens is 2. The van der Waals surface area contributed by atoms with Crippen LogP contribution in [0.4, 0.5) is 21.6 Å². The van der Waals surface area contributed by atoms with Crippen LogP contribution in [0, 0.1) is 12.7 Å². The summed E-state index contributed by atoms with van der Waals surface area (Å²) in [6.45, 7) is 1.62. The van der Waals surface area contributed by atoms with Crippen molar-refractivity contribution in [3.8, 4) is 5.75 Å². The normalized spacial score (nSPS) is 13.0. The minimum Gasteiger partial charge on any atom is -0.508 e. The van der Waals surface area contributed by atoms with E-state index in [-0.39, 0.29) is 11.4 Å². The molecule has 0 aliphatic rings. The molecule has 4 aromatic rings. The van der Waals surface area contributed by atoms with Crippen molar-refractivity contribution in [3.63, 3.8) is 0 Å². The van der Waals surface area contributed by atoms with Gasteiger partial charge in [-0.1, -0.05) is 18.2 Å². The predicted octanol–water partition coefficient (Wildman–Crippen LogP) is 5.31. The van der Waals surface area contributed by atoms with Gasteiger partial charge < -0.3 is 10.4 Å². The van der Waals surface area contributed by atoms with Crippen molar-refractivity contribution in [1.29, 1.82) is 0 Å². The molecule has 152 valence electrons. The molecule has 3 aromatic carbocycles. The molecular formula is C22H19FN4O2S. The van der Waals surface area contributed by atoms with Gasteiger partial charge in [-0.05, 0) is 48.9 Å². The highest BCUT2D eigenvalue weighted by atomic mass is 32.2. The van der Waals surface area contributed by atoms with Crippen LogP contribution in [0.2, 0.25) is 0 Å². The minimum absolute atomic E-state index is 0.0264. The molecule has 0 fully saturated rings. The zero-order valence-electron chi connectivity index (χ0n) is 16.3. The van der Waals surface area contributed by atoms with Crippen molar-refractivity contribution in [1.82, 2.24) is 9.97 Å². The Morgan fingerprint density at radius 3 is 2.60 bits per heavy atom. The van der Waals surface area contributed by atoms with Crippen molar-refractivity contribution in [3.05, 3.63) is 78.4 Å². The lowest BCUT2D eigenvalue weighted by atomic mass is 10.1. The Kier molecular flexibility index (Phi) is 5.09. The molecule has 8 heteroatoms. The van der Waals surface area contributed by atoms with Crippen LogP contribution in [-0.4, -0.2) is 25.5 Å². The number of aryl methyl sites for hydroxylation is 1. The van der Waals surface area contributed by atoms with Gasteiger partial charge >= 0.3 is 0 Å². The van der Waals surface area contributed by atoms with Gasteiger partial charge in [0.2, 0.25) is 0 Å². The van der Waals surface area contributed by atoms with Crippen molar-refractivity contribution in [2.24, 2.45) is 4.36 Å². The van der Waals surface area contributed by atoms with E-state index < -0.39 is 15.5 Å². The number of aromatic hydroxyl groups is 1. The minimum atomic E-state index is -2.65. The second-order valence-corrected chi connectivity index (χ2v) is 9.13. The summed E-state index contributed by atoms with van der Waals surface area (Å²) >= 11 is 0. The second-order valence-electron chi connectivity index (χ2n) is 6.87. The van der Waals surface area contributed by atoms with Crippen LogP contribution in [-0.2, 0) is 9.73 Å². The zero-order valence-corrected chi connectivity index (χ0v) is 17.2. The summed E-state index contributed by atoms with van der Waals surface area (Å²) in [5.74, 6) is -0.193. The fourth-order valence-electron chi connectivity index (χ4n) is 3.01. The number of nitrogens with zero attached hydrogens (tertiary/aromatic N) is 3. The SMILES string of the molecule is Cc1cc(F)c(Nc2ncnc3ccc(N=S(C)(=O)c4ccccc4)cc23)cc1O. The molecule has 0 saturated heterocycles. The van der Waals surface area contributed by atoms with Gasteiger partial charge in [0.15, 0.2) is 0 Å². The van der Waals surface area contributed by atoms with Crippen LogP contribution in [0.3, 0.4) is 0 Å². The van der Waals surface area contributed by atoms with Gasteiger partial charge in [0.1, 0.15) is 23.7 Å². The average molecular weight is 422 g/mol. The molecule has 1 heterocycles. The molecule has 1 atom stereocenters. The highest BCUT2D eigenvalue weighted by Crippen LogP contribution is 2.31. The van der Waals surface area contributed by atoms with E-state index in [2.05, 4.69) is 19.6 Å². The quantitative estimate of drug-likeness (QED) is 0.465. The van der Waals surface area contributed by atoms with Crippen LogP contribution < -0.4 is 5.32 Å². The first-order valence-corrected chi connectivity index (χ1v) is 11.0. The number of phenolic OH excluding ortho intramolecular Hbond substituents is 1. The van der Waals surface area contributed by atoms with E-state index in [1.807, 2.05) is 18.2 Å². The molecule has 1 unspecified atom stereocenters. The maximum absolute atomic E-state index is 14.3. The second kappa shape index (κ2) is 7.72. The summed E-state index contributed by atoms with van der Waals surface area (Å²) < 4.78 is 31.9. The number of benzene rings is 3. The van der Waals surface area contributed by atoms with Gasteiger partial charge in [-0.25, -0.2) is 18.6 Å². The fraction of sp³-hybridized carbons (Fsp3) is 0.0909. The van der Waals surface area contributed by atoms with E-state index in [0.717, 1.165) is 0 Å². The smallest absolute Gasteiger partial charge is 0.147 e. The Morgan fingerprint density at radius 1 is 1.07 bits per heavy atom. The number of hydrogen-bond donors (Lipinski definition) is 2. The summed E-state index contributed by atoms with van der Waals surface area (Å²) in [7, 11) is -2.65. The Morgan fingerprint density at radius 2 is 1.83 bits per heavy atom. The van der Waals surface area contributed by atoms with E-state index in [1.165, 1.54) is 18.5 Å². The maximum atomic E-state index is 14.3. The Balaban J connectivity index is 1.79. The summed E-state index contributed by atoms with van der Waals surface area (Å²) in [6.07, 6.45) is 2.94. The number of nitrogens with one attached hydrogen (secondary N) is 1. The summed E-state index contributed by atoms with van der Waals surface area (Å²) in [5, 5.41) is 13.4. The Bertz CT molecular complexity index is 1370. The molecule has 0 saturated carbocycles. The van der Waals surface area contributed by atoms with Gasteiger partial charge in [0.25, 0.3) is 0 Å². The van der Waals surface area contributed by atoms with Crippen molar-refractivity contribution in [2.75, 3.05) is 11.6 Å². The molecule has 0 aliphatic heterocycles. The highest BCUT2D eigenvalue weighted by Gasteiger charge is 2.12. The molecule has 0 amide bonds. The Labute approximate surface area is 173 Å². The third kappa shape index (κ3) is 3.95. The molecule has 0 spiro atoms. The van der Waals surface area contributed by atoms with Gasteiger partial charge in [0.05, 0.1) is 26.6 Å². The number of phenols is 1. The molecule has 0 radical (unpaired) electrons. The number of rotatable bonds is 4. The lowest BCUT2D eigenvalue weighted by Crippen LogP contribution is -1.99. The lowest BCUT2D eigenvalue weighted by Gasteiger charge is -2.11. The summed E-state index contributed by atoms with van der Waals surface area (Å²) in [4.78, 5) is 9.06. The van der Waals surface area contributed by atoms with E-state index >= 15 is 0 Å². The third-order valence-electron chi connectivity index (χ3n) is 4.62. The van der Waals surface area contributed by atoms with Gasteiger partial charge in [-0.15, -0.1) is 0 Å². The maximum Gasteiger partial charge on any atom is 0.147 e. The van der Waals surface area contributed by atoms with Gasteiger partial charge in [-0.3, -0.25) is 0 Å². The standard InChI is InChI=1S/C22H19FN4O2S/c1-14-10-18(23)20(12-21(14)28)26-22-17-11-15(8-9-19(17)24-13-25-22)27-30(2,29)16-6-4-3-5-7-16/h3-13,28H,1-2H3,(H,24,25,26). The molecule has 1 aromatic heterocycles. The largest absolute Gasteiger partial charge is 0.508 e. The topological polar surface area (TPSA) is 87.5 Å². The third-order valence-corrected chi connectivity index (χ3v) is 6.32. The monoisotopic (exact) mass is 422 g/mol. The molecule has 0 bridgehead atoms. The first-order valence-electron chi connectivity index (χ1n) is 9.11. The first kappa shape index (κ1) is 19.8. The van der Waals surface area contributed by atoms with Crippen molar-refractivity contribution < 1.29 is 13.7 Å². The Hall–Kier alpha value is -3.52. The zero-order chi connectivity index (χ0) is 21.3. The average Bonchev–Trinajstić information content (AvgIpc) is 2.73. The summed E-state index contributed by atoms with van der Waals surface area (Å²) in [6, 6.07) is 16.8. The number of hydrogen-bond acceptors (Lipinski definition) is 6. The number of anilines is 2. The van der Waals surface area contributed by atoms with Crippen molar-refractivity contribution in [2.45, 2.75) is 11.8 Å². The van der Waals surface area contributed by atoms with Crippen molar-refractivity contribution >= 4 is 37.8 Å². The predicted molar refractivity (Wildman–Crippen MR) is 116 cm³/mol. The first-order chi connectivity index (χ1) is 14.3. The van der Waals surface area contributed by atoms with E-state index in [4.69, 9.17) is 0 Å². The molecular weight excluding hydrogens is 403 g/mol. The molecule has 0 aliphatic carbocycles. The van der Waals surface area contributed by atoms with Crippen LogP contribution in [0.15, 0.2) is 76.2 Å².